The summed E-state index contributed by atoms with van der Waals surface area (Å²) in [7, 11) is 0. The summed E-state index contributed by atoms with van der Waals surface area (Å²) in [6, 6.07) is 17.5. The van der Waals surface area contributed by atoms with Gasteiger partial charge in [0.05, 0.1) is 12.2 Å². The first-order chi connectivity index (χ1) is 16.5. The van der Waals surface area contributed by atoms with Gasteiger partial charge in [-0.05, 0) is 61.5 Å². The van der Waals surface area contributed by atoms with Crippen LogP contribution in [0.5, 0.6) is 0 Å². The predicted molar refractivity (Wildman–Crippen MR) is 129 cm³/mol. The average Bonchev–Trinajstić information content (AvgIpc) is 2.84. The number of unbranched alkanes of at least 4 members (excludes halogenated alkanes) is 2. The molecule has 0 spiro atoms. The maximum absolute atomic E-state index is 12.9. The first kappa shape index (κ1) is 23.2. The number of ether oxygens (including phenoxy) is 1. The van der Waals surface area contributed by atoms with E-state index in [2.05, 4.69) is 5.32 Å². The van der Waals surface area contributed by atoms with Crippen LogP contribution in [0.25, 0.3) is 10.8 Å². The van der Waals surface area contributed by atoms with E-state index in [1.165, 1.54) is 4.90 Å². The van der Waals surface area contributed by atoms with E-state index in [1.807, 2.05) is 24.3 Å². The molecule has 7 heteroatoms. The summed E-state index contributed by atoms with van der Waals surface area (Å²) in [6.45, 7) is 2.37. The van der Waals surface area contributed by atoms with Crippen molar-refractivity contribution >= 4 is 40.2 Å². The van der Waals surface area contributed by atoms with Gasteiger partial charge in [0.25, 0.3) is 11.8 Å². The number of amides is 3. The van der Waals surface area contributed by atoms with Crippen molar-refractivity contribution in [1.82, 2.24) is 4.90 Å². The van der Waals surface area contributed by atoms with E-state index in [-0.39, 0.29) is 17.7 Å². The second-order valence-electron chi connectivity index (χ2n) is 8.13. The lowest BCUT2D eigenvalue weighted by molar-refractivity contribution is -0.116. The molecule has 3 amide bonds. The topological polar surface area (TPSA) is 92.8 Å². The minimum Gasteiger partial charge on any atom is -0.462 e. The Morgan fingerprint density at radius 1 is 0.853 bits per heavy atom. The first-order valence-electron chi connectivity index (χ1n) is 11.4. The molecular weight excluding hydrogens is 432 g/mol. The van der Waals surface area contributed by atoms with Crippen LogP contribution in [-0.4, -0.2) is 41.7 Å². The molecule has 0 aliphatic carbocycles. The number of nitrogens with zero attached hydrogens (tertiary/aromatic N) is 1. The molecule has 34 heavy (non-hydrogen) atoms. The monoisotopic (exact) mass is 458 g/mol. The zero-order valence-electron chi connectivity index (χ0n) is 19.0. The van der Waals surface area contributed by atoms with Crippen molar-refractivity contribution in [2.45, 2.75) is 32.6 Å². The zero-order chi connectivity index (χ0) is 24.1. The fraction of sp³-hybridized carbons (Fsp3) is 0.259. The van der Waals surface area contributed by atoms with Crippen LogP contribution in [0.4, 0.5) is 5.69 Å². The molecule has 1 aliphatic heterocycles. The third-order valence-corrected chi connectivity index (χ3v) is 5.82. The molecule has 4 rings (SSSR count). The molecule has 0 radical (unpaired) electrons. The van der Waals surface area contributed by atoms with Crippen LogP contribution in [0, 0.1) is 0 Å². The lowest BCUT2D eigenvalue weighted by Crippen LogP contribution is -2.40. The Kier molecular flexibility index (Phi) is 7.01. The normalized spacial score (nSPS) is 12.7. The molecule has 0 fully saturated rings. The minimum atomic E-state index is -0.397. The van der Waals surface area contributed by atoms with Crippen molar-refractivity contribution in [2.75, 3.05) is 18.5 Å². The number of rotatable bonds is 9. The Labute approximate surface area is 197 Å². The first-order valence-corrected chi connectivity index (χ1v) is 11.4. The van der Waals surface area contributed by atoms with Crippen molar-refractivity contribution in [3.63, 3.8) is 0 Å². The third kappa shape index (κ3) is 4.83. The van der Waals surface area contributed by atoms with Gasteiger partial charge in [-0.3, -0.25) is 19.3 Å². The Balaban J connectivity index is 1.24. The van der Waals surface area contributed by atoms with Crippen LogP contribution in [0.1, 0.15) is 63.7 Å². The Bertz CT molecular complexity index is 1200. The molecule has 0 saturated heterocycles. The van der Waals surface area contributed by atoms with Gasteiger partial charge in [0, 0.05) is 35.2 Å². The van der Waals surface area contributed by atoms with E-state index < -0.39 is 5.97 Å². The van der Waals surface area contributed by atoms with E-state index >= 15 is 0 Å². The lowest BCUT2D eigenvalue weighted by Gasteiger charge is -2.27. The van der Waals surface area contributed by atoms with Gasteiger partial charge in [0.1, 0.15) is 0 Å². The number of imide groups is 1. The quantitative estimate of drug-likeness (QED) is 0.282. The standard InChI is InChI=1S/C27H26N2O5/c1-2-34-27(33)19-13-15-20(16-14-19)28-23(30)12-4-3-5-17-29-25(31)21-10-6-8-18-9-7-11-22(24(18)21)26(29)32/h6-11,13-16H,2-5,12,17H2,1H3,(H,28,30). The molecular formula is C27H26N2O5. The highest BCUT2D eigenvalue weighted by Crippen LogP contribution is 2.30. The number of anilines is 1. The van der Waals surface area contributed by atoms with Gasteiger partial charge in [-0.1, -0.05) is 30.7 Å². The zero-order valence-corrected chi connectivity index (χ0v) is 19.0. The molecule has 3 aromatic rings. The molecule has 0 unspecified atom stereocenters. The van der Waals surface area contributed by atoms with Crippen LogP contribution >= 0.6 is 0 Å². The van der Waals surface area contributed by atoms with Crippen molar-refractivity contribution in [3.8, 4) is 0 Å². The van der Waals surface area contributed by atoms with Crippen molar-refractivity contribution < 1.29 is 23.9 Å². The largest absolute Gasteiger partial charge is 0.462 e. The molecule has 7 nitrogen and oxygen atoms in total. The molecule has 3 aromatic carbocycles. The highest BCUT2D eigenvalue weighted by molar-refractivity contribution is 6.25. The third-order valence-electron chi connectivity index (χ3n) is 5.82. The molecule has 0 aromatic heterocycles. The fourth-order valence-corrected chi connectivity index (χ4v) is 4.14. The van der Waals surface area contributed by atoms with Crippen LogP contribution < -0.4 is 5.32 Å². The molecule has 1 aliphatic rings. The number of esters is 1. The summed E-state index contributed by atoms with van der Waals surface area (Å²) >= 11 is 0. The molecule has 0 bridgehead atoms. The molecule has 1 heterocycles. The van der Waals surface area contributed by atoms with Crippen molar-refractivity contribution in [2.24, 2.45) is 0 Å². The molecule has 174 valence electrons. The summed E-state index contributed by atoms with van der Waals surface area (Å²) in [6.07, 6.45) is 2.29. The van der Waals surface area contributed by atoms with Gasteiger partial charge in [-0.2, -0.15) is 0 Å². The summed E-state index contributed by atoms with van der Waals surface area (Å²) < 4.78 is 4.94. The maximum Gasteiger partial charge on any atom is 0.338 e. The van der Waals surface area contributed by atoms with Gasteiger partial charge < -0.3 is 10.1 Å². The number of hydrogen-bond acceptors (Lipinski definition) is 5. The second kappa shape index (κ2) is 10.3. The summed E-state index contributed by atoms with van der Waals surface area (Å²) in [4.78, 5) is 51.0. The van der Waals surface area contributed by atoms with Gasteiger partial charge in [0.15, 0.2) is 0 Å². The SMILES string of the molecule is CCOC(=O)c1ccc(NC(=O)CCCCCN2C(=O)c3cccc4cccc(c34)C2=O)cc1. The molecule has 0 saturated carbocycles. The van der Waals surface area contributed by atoms with Crippen LogP contribution in [0.15, 0.2) is 60.7 Å². The van der Waals surface area contributed by atoms with Gasteiger partial charge in [0.2, 0.25) is 5.91 Å². The number of benzene rings is 3. The van der Waals surface area contributed by atoms with E-state index in [9.17, 15) is 19.2 Å². The summed E-state index contributed by atoms with van der Waals surface area (Å²) in [5, 5.41) is 4.42. The Morgan fingerprint density at radius 2 is 1.50 bits per heavy atom. The fourth-order valence-electron chi connectivity index (χ4n) is 4.14. The van der Waals surface area contributed by atoms with E-state index in [0.29, 0.717) is 61.2 Å². The highest BCUT2D eigenvalue weighted by atomic mass is 16.5. The van der Waals surface area contributed by atoms with Gasteiger partial charge in [-0.25, -0.2) is 4.79 Å². The molecule has 1 N–H and O–H groups in total. The van der Waals surface area contributed by atoms with Gasteiger partial charge in [-0.15, -0.1) is 0 Å². The smallest absolute Gasteiger partial charge is 0.338 e. The lowest BCUT2D eigenvalue weighted by atomic mass is 9.94. The number of carbonyl (C=O) groups excluding carboxylic acids is 4. The summed E-state index contributed by atoms with van der Waals surface area (Å²) in [5.41, 5.74) is 2.15. The van der Waals surface area contributed by atoms with Crippen LogP contribution in [0.3, 0.4) is 0 Å². The predicted octanol–water partition coefficient (Wildman–Crippen LogP) is 4.81. The maximum atomic E-state index is 12.9. The van der Waals surface area contributed by atoms with Gasteiger partial charge >= 0.3 is 5.97 Å². The van der Waals surface area contributed by atoms with Crippen molar-refractivity contribution in [1.29, 1.82) is 0 Å². The van der Waals surface area contributed by atoms with Crippen LogP contribution in [0.2, 0.25) is 0 Å². The number of nitrogens with one attached hydrogen (secondary N) is 1. The number of carbonyl (C=O) groups is 4. The second-order valence-corrected chi connectivity index (χ2v) is 8.13. The highest BCUT2D eigenvalue weighted by Gasteiger charge is 2.32. The van der Waals surface area contributed by atoms with Crippen LogP contribution in [-0.2, 0) is 9.53 Å². The van der Waals surface area contributed by atoms with E-state index in [1.54, 1.807) is 43.3 Å². The minimum absolute atomic E-state index is 0.130. The van der Waals surface area contributed by atoms with E-state index in [0.717, 1.165) is 10.8 Å². The Hall–Kier alpha value is -4.00. The Morgan fingerprint density at radius 3 is 2.12 bits per heavy atom. The van der Waals surface area contributed by atoms with Crippen molar-refractivity contribution in [3.05, 3.63) is 77.4 Å². The average molecular weight is 459 g/mol. The van der Waals surface area contributed by atoms with E-state index in [4.69, 9.17) is 4.74 Å². The molecule has 0 atom stereocenters. The summed E-state index contributed by atoms with van der Waals surface area (Å²) in [5.74, 6) is -1.06. The number of hydrogen-bond donors (Lipinski definition) is 1.